The van der Waals surface area contributed by atoms with Gasteiger partial charge in [0.1, 0.15) is 0 Å². The second kappa shape index (κ2) is 6.21. The van der Waals surface area contributed by atoms with Crippen LogP contribution in [0, 0.1) is 0 Å². The SMILES string of the molecule is C=C(C)CN(CC)C(=O)c1cccc(S(=O)(=O)Cl)c1. The van der Waals surface area contributed by atoms with E-state index in [2.05, 4.69) is 6.58 Å². The Hall–Kier alpha value is -1.33. The van der Waals surface area contributed by atoms with E-state index in [9.17, 15) is 13.2 Å². The number of amides is 1. The molecule has 1 rings (SSSR count). The zero-order valence-electron chi connectivity index (χ0n) is 10.9. The highest BCUT2D eigenvalue weighted by atomic mass is 35.7. The number of carbonyl (C=O) groups excluding carboxylic acids is 1. The fourth-order valence-corrected chi connectivity index (χ4v) is 2.41. The molecule has 0 aromatic heterocycles. The number of rotatable bonds is 5. The van der Waals surface area contributed by atoms with E-state index in [1.807, 2.05) is 13.8 Å². The summed E-state index contributed by atoms with van der Waals surface area (Å²) in [4.78, 5) is 13.7. The molecule has 0 aliphatic rings. The normalized spacial score (nSPS) is 11.1. The number of carbonyl (C=O) groups is 1. The zero-order valence-corrected chi connectivity index (χ0v) is 12.5. The molecule has 0 aliphatic carbocycles. The Bertz CT molecular complexity index is 596. The van der Waals surface area contributed by atoms with E-state index >= 15 is 0 Å². The molecular formula is C13H16ClNO3S. The summed E-state index contributed by atoms with van der Waals surface area (Å²) < 4.78 is 22.5. The molecule has 1 amide bonds. The van der Waals surface area contributed by atoms with Gasteiger partial charge in [-0.2, -0.15) is 0 Å². The average molecular weight is 302 g/mol. The third-order valence-electron chi connectivity index (χ3n) is 2.49. The molecule has 0 fully saturated rings. The predicted molar refractivity (Wildman–Crippen MR) is 75.9 cm³/mol. The van der Waals surface area contributed by atoms with Crippen LogP contribution in [0.1, 0.15) is 24.2 Å². The van der Waals surface area contributed by atoms with Crippen LogP contribution in [-0.4, -0.2) is 32.3 Å². The van der Waals surface area contributed by atoms with Crippen molar-refractivity contribution in [3.05, 3.63) is 42.0 Å². The fourth-order valence-electron chi connectivity index (χ4n) is 1.62. The molecule has 104 valence electrons. The molecule has 19 heavy (non-hydrogen) atoms. The quantitative estimate of drug-likeness (QED) is 0.620. The molecule has 6 heteroatoms. The fraction of sp³-hybridized carbons (Fsp3) is 0.308. The Labute approximate surface area is 118 Å². The van der Waals surface area contributed by atoms with Crippen molar-refractivity contribution in [2.75, 3.05) is 13.1 Å². The first kappa shape index (κ1) is 15.7. The van der Waals surface area contributed by atoms with Crippen LogP contribution in [0.25, 0.3) is 0 Å². The second-order valence-electron chi connectivity index (χ2n) is 4.24. The molecule has 0 unspecified atom stereocenters. The van der Waals surface area contributed by atoms with Crippen molar-refractivity contribution in [1.29, 1.82) is 0 Å². The summed E-state index contributed by atoms with van der Waals surface area (Å²) in [6.45, 7) is 8.40. The van der Waals surface area contributed by atoms with Gasteiger partial charge in [0.05, 0.1) is 4.90 Å². The lowest BCUT2D eigenvalue weighted by Gasteiger charge is -2.21. The minimum absolute atomic E-state index is 0.0774. The van der Waals surface area contributed by atoms with Gasteiger partial charge in [-0.25, -0.2) is 8.42 Å². The first-order valence-corrected chi connectivity index (χ1v) is 8.05. The van der Waals surface area contributed by atoms with Gasteiger partial charge in [-0.05, 0) is 32.0 Å². The standard InChI is InChI=1S/C13H16ClNO3S/c1-4-15(9-10(2)3)13(16)11-6-5-7-12(8-11)19(14,17)18/h5-8H,2,4,9H2,1,3H3. The number of nitrogens with zero attached hydrogens (tertiary/aromatic N) is 1. The summed E-state index contributed by atoms with van der Waals surface area (Å²) in [5.41, 5.74) is 1.15. The highest BCUT2D eigenvalue weighted by molar-refractivity contribution is 8.13. The Morgan fingerprint density at radius 3 is 2.53 bits per heavy atom. The van der Waals surface area contributed by atoms with Crippen LogP contribution >= 0.6 is 10.7 Å². The van der Waals surface area contributed by atoms with Crippen molar-refractivity contribution >= 4 is 25.6 Å². The molecule has 0 radical (unpaired) electrons. The van der Waals surface area contributed by atoms with Gasteiger partial charge in [0, 0.05) is 29.3 Å². The lowest BCUT2D eigenvalue weighted by atomic mass is 10.2. The molecule has 0 bridgehead atoms. The lowest BCUT2D eigenvalue weighted by Crippen LogP contribution is -2.32. The highest BCUT2D eigenvalue weighted by Crippen LogP contribution is 2.17. The van der Waals surface area contributed by atoms with Gasteiger partial charge in [0.25, 0.3) is 15.0 Å². The average Bonchev–Trinajstić information content (AvgIpc) is 2.34. The van der Waals surface area contributed by atoms with E-state index < -0.39 is 9.05 Å². The van der Waals surface area contributed by atoms with Crippen molar-refractivity contribution in [2.45, 2.75) is 18.7 Å². The number of likely N-dealkylation sites (N-methyl/N-ethyl adjacent to an activating group) is 1. The van der Waals surface area contributed by atoms with Crippen molar-refractivity contribution in [2.24, 2.45) is 0 Å². The molecule has 1 aromatic carbocycles. The van der Waals surface area contributed by atoms with Crippen LogP contribution in [0.2, 0.25) is 0 Å². The number of benzene rings is 1. The van der Waals surface area contributed by atoms with Crippen molar-refractivity contribution in [3.63, 3.8) is 0 Å². The van der Waals surface area contributed by atoms with Gasteiger partial charge in [-0.15, -0.1) is 0 Å². The van der Waals surface area contributed by atoms with E-state index in [1.54, 1.807) is 11.0 Å². The third-order valence-corrected chi connectivity index (χ3v) is 3.84. The molecular weight excluding hydrogens is 286 g/mol. The van der Waals surface area contributed by atoms with Crippen LogP contribution in [0.15, 0.2) is 41.3 Å². The minimum atomic E-state index is -3.83. The molecule has 0 saturated heterocycles. The van der Waals surface area contributed by atoms with E-state index in [0.717, 1.165) is 5.57 Å². The smallest absolute Gasteiger partial charge is 0.261 e. The van der Waals surface area contributed by atoms with Gasteiger partial charge < -0.3 is 4.90 Å². The summed E-state index contributed by atoms with van der Waals surface area (Å²) >= 11 is 0. The lowest BCUT2D eigenvalue weighted by molar-refractivity contribution is 0.0778. The number of hydrogen-bond donors (Lipinski definition) is 0. The Kier molecular flexibility index (Phi) is 5.14. The maximum atomic E-state index is 12.2. The van der Waals surface area contributed by atoms with E-state index in [4.69, 9.17) is 10.7 Å². The molecule has 4 nitrogen and oxygen atoms in total. The summed E-state index contributed by atoms with van der Waals surface area (Å²) in [5.74, 6) is -0.243. The van der Waals surface area contributed by atoms with E-state index in [-0.39, 0.29) is 10.8 Å². The molecule has 0 atom stereocenters. The van der Waals surface area contributed by atoms with Gasteiger partial charge in [-0.1, -0.05) is 18.2 Å². The van der Waals surface area contributed by atoms with Gasteiger partial charge >= 0.3 is 0 Å². The molecule has 0 N–H and O–H groups in total. The minimum Gasteiger partial charge on any atom is -0.335 e. The van der Waals surface area contributed by atoms with Gasteiger partial charge in [-0.3, -0.25) is 4.79 Å². The maximum Gasteiger partial charge on any atom is 0.261 e. The Morgan fingerprint density at radius 1 is 1.42 bits per heavy atom. The molecule has 0 saturated carbocycles. The summed E-state index contributed by atoms with van der Waals surface area (Å²) in [6, 6.07) is 5.70. The maximum absolute atomic E-state index is 12.2. The summed E-state index contributed by atoms with van der Waals surface area (Å²) in [5, 5.41) is 0. The first-order chi connectivity index (χ1) is 8.75. The van der Waals surface area contributed by atoms with Gasteiger partial charge in [0.15, 0.2) is 0 Å². The number of halogens is 1. The summed E-state index contributed by atoms with van der Waals surface area (Å²) in [7, 11) is 1.44. The Balaban J connectivity index is 3.09. The van der Waals surface area contributed by atoms with Crippen LogP contribution in [0.5, 0.6) is 0 Å². The van der Waals surface area contributed by atoms with Crippen LogP contribution < -0.4 is 0 Å². The van der Waals surface area contributed by atoms with Crippen LogP contribution in [0.4, 0.5) is 0 Å². The topological polar surface area (TPSA) is 54.5 Å². The van der Waals surface area contributed by atoms with E-state index in [0.29, 0.717) is 18.7 Å². The van der Waals surface area contributed by atoms with Crippen molar-refractivity contribution < 1.29 is 13.2 Å². The van der Waals surface area contributed by atoms with Crippen LogP contribution in [0.3, 0.4) is 0 Å². The predicted octanol–water partition coefficient (Wildman–Crippen LogP) is 2.65. The van der Waals surface area contributed by atoms with Crippen molar-refractivity contribution in [3.8, 4) is 0 Å². The Morgan fingerprint density at radius 2 is 2.05 bits per heavy atom. The second-order valence-corrected chi connectivity index (χ2v) is 6.81. The van der Waals surface area contributed by atoms with E-state index in [1.165, 1.54) is 18.2 Å². The monoisotopic (exact) mass is 301 g/mol. The highest BCUT2D eigenvalue weighted by Gasteiger charge is 2.17. The summed E-state index contributed by atoms with van der Waals surface area (Å²) in [6.07, 6.45) is 0. The first-order valence-electron chi connectivity index (χ1n) is 5.74. The molecule has 0 spiro atoms. The van der Waals surface area contributed by atoms with Crippen molar-refractivity contribution in [1.82, 2.24) is 4.90 Å². The third kappa shape index (κ3) is 4.36. The molecule has 1 aromatic rings. The molecule has 0 heterocycles. The zero-order chi connectivity index (χ0) is 14.6. The number of hydrogen-bond acceptors (Lipinski definition) is 3. The van der Waals surface area contributed by atoms with Gasteiger partial charge in [0.2, 0.25) is 0 Å². The molecule has 0 aliphatic heterocycles. The largest absolute Gasteiger partial charge is 0.335 e. The van der Waals surface area contributed by atoms with Crippen LogP contribution in [-0.2, 0) is 9.05 Å².